The predicted molar refractivity (Wildman–Crippen MR) is 94.3 cm³/mol. The lowest BCUT2D eigenvalue weighted by molar-refractivity contribution is 0.1000. The van der Waals surface area contributed by atoms with Gasteiger partial charge in [-0.15, -0.1) is 0 Å². The summed E-state index contributed by atoms with van der Waals surface area (Å²) in [7, 11) is 1.69. The number of hydrogen-bond donors (Lipinski definition) is 2. The molecule has 0 saturated heterocycles. The van der Waals surface area contributed by atoms with Gasteiger partial charge in [-0.05, 0) is 53.8 Å². The van der Waals surface area contributed by atoms with Gasteiger partial charge in [-0.1, -0.05) is 24.3 Å². The maximum Gasteiger partial charge on any atom is 0.248 e. The van der Waals surface area contributed by atoms with E-state index in [2.05, 4.69) is 29.6 Å². The van der Waals surface area contributed by atoms with Crippen LogP contribution in [0.1, 0.15) is 39.9 Å². The number of benzene rings is 2. The molecule has 0 bridgehead atoms. The average Bonchev–Trinajstić information content (AvgIpc) is 3.10. The van der Waals surface area contributed by atoms with Crippen molar-refractivity contribution in [2.24, 2.45) is 11.7 Å². The number of hydrogen-bond acceptors (Lipinski definition) is 3. The number of fused-ring (bicyclic) bond motifs is 3. The van der Waals surface area contributed by atoms with E-state index in [1.807, 2.05) is 24.3 Å². The number of nitrogens with one attached hydrogen (secondary N) is 1. The fourth-order valence-electron chi connectivity index (χ4n) is 3.91. The van der Waals surface area contributed by atoms with Crippen molar-refractivity contribution in [1.29, 1.82) is 0 Å². The van der Waals surface area contributed by atoms with Crippen LogP contribution in [0.2, 0.25) is 0 Å². The number of methoxy groups -OCH3 is 1. The van der Waals surface area contributed by atoms with E-state index in [1.54, 1.807) is 13.2 Å². The number of anilines is 1. The second-order valence-electron chi connectivity index (χ2n) is 6.42. The Kier molecular flexibility index (Phi) is 3.53. The zero-order chi connectivity index (χ0) is 16.7. The molecule has 0 aromatic heterocycles. The van der Waals surface area contributed by atoms with Gasteiger partial charge in [-0.2, -0.15) is 0 Å². The molecule has 122 valence electrons. The SMILES string of the molecule is COc1cccc(C2Nc3ccc(C(N)=O)cc3C3C=CCC32)c1. The van der Waals surface area contributed by atoms with Gasteiger partial charge in [0.25, 0.3) is 0 Å². The number of carbonyl (C=O) groups is 1. The molecule has 4 heteroatoms. The first-order chi connectivity index (χ1) is 11.7. The number of amides is 1. The predicted octanol–water partition coefficient (Wildman–Crippen LogP) is 3.62. The highest BCUT2D eigenvalue weighted by Gasteiger charge is 2.38. The standard InChI is InChI=1S/C20H20N2O2/c1-24-14-5-2-4-12(10-14)19-16-7-3-6-15(16)17-11-13(20(21)23)8-9-18(17)22-19/h2-6,8-11,15-16,19,22H,7H2,1H3,(H2,21,23). The molecule has 2 aromatic rings. The van der Waals surface area contributed by atoms with Gasteiger partial charge in [0, 0.05) is 17.2 Å². The van der Waals surface area contributed by atoms with Crippen LogP contribution in [0, 0.1) is 5.92 Å². The van der Waals surface area contributed by atoms with E-state index in [4.69, 9.17) is 10.5 Å². The molecule has 4 nitrogen and oxygen atoms in total. The lowest BCUT2D eigenvalue weighted by Gasteiger charge is -2.37. The maximum atomic E-state index is 11.5. The summed E-state index contributed by atoms with van der Waals surface area (Å²) in [5, 5.41) is 3.65. The molecular formula is C20H20N2O2. The molecule has 0 radical (unpaired) electrons. The molecular weight excluding hydrogens is 300 g/mol. The minimum absolute atomic E-state index is 0.215. The molecule has 4 rings (SSSR count). The van der Waals surface area contributed by atoms with E-state index in [9.17, 15) is 4.79 Å². The average molecular weight is 320 g/mol. The second-order valence-corrected chi connectivity index (χ2v) is 6.42. The van der Waals surface area contributed by atoms with E-state index in [0.29, 0.717) is 17.4 Å². The van der Waals surface area contributed by atoms with Crippen LogP contribution in [0.15, 0.2) is 54.6 Å². The minimum atomic E-state index is -0.383. The smallest absolute Gasteiger partial charge is 0.248 e. The zero-order valence-corrected chi connectivity index (χ0v) is 13.5. The van der Waals surface area contributed by atoms with E-state index in [1.165, 1.54) is 5.56 Å². The molecule has 0 fully saturated rings. The van der Waals surface area contributed by atoms with E-state index in [0.717, 1.165) is 23.4 Å². The summed E-state index contributed by atoms with van der Waals surface area (Å²) in [6.07, 6.45) is 5.50. The molecule has 3 unspecified atom stereocenters. The summed E-state index contributed by atoms with van der Waals surface area (Å²) >= 11 is 0. The first-order valence-electron chi connectivity index (χ1n) is 8.18. The molecule has 3 atom stereocenters. The third-order valence-electron chi connectivity index (χ3n) is 5.10. The lowest BCUT2D eigenvalue weighted by Crippen LogP contribution is -2.29. The first kappa shape index (κ1) is 14.8. The van der Waals surface area contributed by atoms with Crippen molar-refractivity contribution in [2.75, 3.05) is 12.4 Å². The van der Waals surface area contributed by atoms with E-state index >= 15 is 0 Å². The van der Waals surface area contributed by atoms with Gasteiger partial charge in [0.15, 0.2) is 0 Å². The molecule has 1 aliphatic heterocycles. The van der Waals surface area contributed by atoms with Crippen LogP contribution in [-0.4, -0.2) is 13.0 Å². The van der Waals surface area contributed by atoms with E-state index in [-0.39, 0.29) is 11.9 Å². The summed E-state index contributed by atoms with van der Waals surface area (Å²) in [4.78, 5) is 11.5. The Morgan fingerprint density at radius 3 is 2.92 bits per heavy atom. The van der Waals surface area contributed by atoms with Gasteiger partial charge in [-0.3, -0.25) is 4.79 Å². The summed E-state index contributed by atoms with van der Waals surface area (Å²) in [5.41, 5.74) is 9.45. The summed E-state index contributed by atoms with van der Waals surface area (Å²) in [6.45, 7) is 0. The Morgan fingerprint density at radius 2 is 2.12 bits per heavy atom. The summed E-state index contributed by atoms with van der Waals surface area (Å²) < 4.78 is 5.37. The summed E-state index contributed by atoms with van der Waals surface area (Å²) in [5.74, 6) is 1.21. The molecule has 1 aliphatic carbocycles. The molecule has 1 heterocycles. The number of primary amides is 1. The van der Waals surface area contributed by atoms with Crippen molar-refractivity contribution in [1.82, 2.24) is 0 Å². The monoisotopic (exact) mass is 320 g/mol. The normalized spacial score (nSPS) is 24.0. The number of ether oxygens (including phenoxy) is 1. The van der Waals surface area contributed by atoms with Gasteiger partial charge in [0.05, 0.1) is 13.2 Å². The van der Waals surface area contributed by atoms with Crippen LogP contribution in [0.25, 0.3) is 0 Å². The van der Waals surface area contributed by atoms with Crippen molar-refractivity contribution in [3.8, 4) is 5.75 Å². The number of carbonyl (C=O) groups excluding carboxylic acids is 1. The molecule has 2 aromatic carbocycles. The van der Waals surface area contributed by atoms with Crippen molar-refractivity contribution < 1.29 is 9.53 Å². The van der Waals surface area contributed by atoms with Gasteiger partial charge in [-0.25, -0.2) is 0 Å². The fourth-order valence-corrected chi connectivity index (χ4v) is 3.91. The Labute approximate surface area is 141 Å². The number of nitrogens with two attached hydrogens (primary N) is 1. The first-order valence-corrected chi connectivity index (χ1v) is 8.18. The van der Waals surface area contributed by atoms with Crippen LogP contribution < -0.4 is 15.8 Å². The molecule has 0 spiro atoms. The summed E-state index contributed by atoms with van der Waals surface area (Å²) in [6, 6.07) is 14.1. The molecule has 3 N–H and O–H groups in total. The Balaban J connectivity index is 1.76. The Bertz CT molecular complexity index is 828. The quantitative estimate of drug-likeness (QED) is 0.849. The topological polar surface area (TPSA) is 64.3 Å². The highest BCUT2D eigenvalue weighted by molar-refractivity contribution is 5.93. The Morgan fingerprint density at radius 1 is 1.25 bits per heavy atom. The van der Waals surface area contributed by atoms with Crippen molar-refractivity contribution in [2.45, 2.75) is 18.4 Å². The fraction of sp³-hybridized carbons (Fsp3) is 0.250. The van der Waals surface area contributed by atoms with Gasteiger partial charge < -0.3 is 15.8 Å². The van der Waals surface area contributed by atoms with Crippen LogP contribution in [0.3, 0.4) is 0 Å². The molecule has 0 saturated carbocycles. The molecule has 2 aliphatic rings. The third-order valence-corrected chi connectivity index (χ3v) is 5.10. The zero-order valence-electron chi connectivity index (χ0n) is 13.5. The van der Waals surface area contributed by atoms with Crippen LogP contribution in [-0.2, 0) is 0 Å². The second kappa shape index (κ2) is 5.71. The van der Waals surface area contributed by atoms with E-state index < -0.39 is 0 Å². The van der Waals surface area contributed by atoms with Crippen molar-refractivity contribution in [3.05, 3.63) is 71.3 Å². The van der Waals surface area contributed by atoms with Gasteiger partial charge >= 0.3 is 0 Å². The highest BCUT2D eigenvalue weighted by atomic mass is 16.5. The highest BCUT2D eigenvalue weighted by Crippen LogP contribution is 2.50. The largest absolute Gasteiger partial charge is 0.497 e. The lowest BCUT2D eigenvalue weighted by atomic mass is 9.76. The minimum Gasteiger partial charge on any atom is -0.497 e. The third kappa shape index (κ3) is 2.35. The Hall–Kier alpha value is -2.75. The van der Waals surface area contributed by atoms with Crippen LogP contribution in [0.4, 0.5) is 5.69 Å². The number of rotatable bonds is 3. The number of allylic oxidation sites excluding steroid dienone is 2. The van der Waals surface area contributed by atoms with Crippen molar-refractivity contribution >= 4 is 11.6 Å². The maximum absolute atomic E-state index is 11.5. The molecule has 1 amide bonds. The van der Waals surface area contributed by atoms with Crippen molar-refractivity contribution in [3.63, 3.8) is 0 Å². The van der Waals surface area contributed by atoms with Crippen LogP contribution in [0.5, 0.6) is 5.75 Å². The van der Waals surface area contributed by atoms with Gasteiger partial charge in [0.2, 0.25) is 5.91 Å². The van der Waals surface area contributed by atoms with Gasteiger partial charge in [0.1, 0.15) is 5.75 Å². The molecule has 24 heavy (non-hydrogen) atoms. The van der Waals surface area contributed by atoms with Crippen LogP contribution >= 0.6 is 0 Å².